The van der Waals surface area contributed by atoms with Crippen molar-refractivity contribution in [2.75, 3.05) is 10.6 Å². The Hall–Kier alpha value is -3.99. The first kappa shape index (κ1) is 22.2. The van der Waals surface area contributed by atoms with Gasteiger partial charge < -0.3 is 16.0 Å². The molecule has 3 aromatic carbocycles. The molecule has 0 radical (unpaired) electrons. The first-order valence-electron chi connectivity index (χ1n) is 10.9. The second kappa shape index (κ2) is 8.87. The van der Waals surface area contributed by atoms with Crippen molar-refractivity contribution in [3.05, 3.63) is 89.7 Å². The summed E-state index contributed by atoms with van der Waals surface area (Å²) in [6, 6.07) is 23.3. The number of urea groups is 1. The summed E-state index contributed by atoms with van der Waals surface area (Å²) in [6.45, 7) is 8.32. The number of amides is 2. The summed E-state index contributed by atoms with van der Waals surface area (Å²) in [4.78, 5) is 17.2. The van der Waals surface area contributed by atoms with Crippen molar-refractivity contribution in [1.82, 2.24) is 4.98 Å². The number of pyridine rings is 1. The van der Waals surface area contributed by atoms with Crippen molar-refractivity contribution < 1.29 is 4.79 Å². The Labute approximate surface area is 194 Å². The normalized spacial score (nSPS) is 11.3. The van der Waals surface area contributed by atoms with E-state index in [1.165, 1.54) is 6.21 Å². The molecule has 0 atom stereocenters. The second-order valence-corrected chi connectivity index (χ2v) is 9.17. The van der Waals surface area contributed by atoms with Gasteiger partial charge in [-0.15, -0.1) is 0 Å². The fraction of sp³-hybridized carbons (Fsp3) is 0.179. The Morgan fingerprint density at radius 2 is 1.52 bits per heavy atom. The summed E-state index contributed by atoms with van der Waals surface area (Å²) >= 11 is 0. The van der Waals surface area contributed by atoms with Crippen molar-refractivity contribution >= 4 is 34.4 Å². The molecule has 1 aromatic heterocycles. The van der Waals surface area contributed by atoms with Crippen LogP contribution >= 0.6 is 0 Å². The third-order valence-corrected chi connectivity index (χ3v) is 5.62. The molecule has 0 saturated carbocycles. The number of carbonyl (C=O) groups is 1. The first-order chi connectivity index (χ1) is 15.7. The van der Waals surface area contributed by atoms with E-state index in [1.54, 1.807) is 0 Å². The molecular formula is C28H28N4O. The van der Waals surface area contributed by atoms with Crippen LogP contribution in [0.4, 0.5) is 16.2 Å². The maximum atomic E-state index is 12.5. The molecule has 0 aliphatic heterocycles. The molecular weight excluding hydrogens is 408 g/mol. The lowest BCUT2D eigenvalue weighted by atomic mass is 9.88. The van der Waals surface area contributed by atoms with Gasteiger partial charge in [0.1, 0.15) is 0 Å². The molecule has 0 bridgehead atoms. The van der Waals surface area contributed by atoms with Crippen LogP contribution in [0.1, 0.15) is 37.7 Å². The Morgan fingerprint density at radius 3 is 2.18 bits per heavy atom. The number of anilines is 2. The zero-order valence-electron chi connectivity index (χ0n) is 19.4. The average molecular weight is 437 g/mol. The van der Waals surface area contributed by atoms with Crippen LogP contribution in [0, 0.1) is 12.3 Å². The molecule has 0 spiro atoms. The fourth-order valence-electron chi connectivity index (χ4n) is 3.78. The molecule has 4 aromatic rings. The molecule has 2 amide bonds. The van der Waals surface area contributed by atoms with Crippen molar-refractivity contribution in [3.63, 3.8) is 0 Å². The number of hydrogen-bond donors (Lipinski definition) is 3. The van der Waals surface area contributed by atoms with Crippen LogP contribution in [0.2, 0.25) is 0 Å². The number of nitrogens with one attached hydrogen (secondary N) is 3. The first-order valence-corrected chi connectivity index (χ1v) is 10.9. The zero-order chi connectivity index (χ0) is 23.6. The van der Waals surface area contributed by atoms with E-state index in [0.29, 0.717) is 5.69 Å². The molecule has 0 saturated heterocycles. The van der Waals surface area contributed by atoms with Gasteiger partial charge in [-0.1, -0.05) is 63.2 Å². The maximum Gasteiger partial charge on any atom is 0.323 e. The van der Waals surface area contributed by atoms with Crippen LogP contribution < -0.4 is 10.6 Å². The van der Waals surface area contributed by atoms with Gasteiger partial charge in [0.25, 0.3) is 0 Å². The van der Waals surface area contributed by atoms with Crippen LogP contribution in [-0.2, 0) is 5.41 Å². The van der Waals surface area contributed by atoms with E-state index < -0.39 is 0 Å². The molecule has 0 aliphatic rings. The monoisotopic (exact) mass is 436 g/mol. The van der Waals surface area contributed by atoms with Gasteiger partial charge in [0.2, 0.25) is 0 Å². The predicted octanol–water partition coefficient (Wildman–Crippen LogP) is 7.15. The quantitative estimate of drug-likeness (QED) is 0.297. The van der Waals surface area contributed by atoms with Gasteiger partial charge in [-0.2, -0.15) is 0 Å². The van der Waals surface area contributed by atoms with Gasteiger partial charge in [0.05, 0.1) is 0 Å². The number of fused-ring (bicyclic) bond motifs is 1. The SMILES string of the molecule is Cc1nc(C(C)(C)C)cc(-c2ccc(NC(=O)Nc3ccc4ccccc4c3)cc2)c1C=N. The summed E-state index contributed by atoms with van der Waals surface area (Å²) in [5.74, 6) is 0. The highest BCUT2D eigenvalue weighted by atomic mass is 16.2. The number of nitrogens with zero attached hydrogens (tertiary/aromatic N) is 1. The molecule has 33 heavy (non-hydrogen) atoms. The minimum Gasteiger partial charge on any atom is -0.308 e. The second-order valence-electron chi connectivity index (χ2n) is 9.17. The molecule has 1 heterocycles. The summed E-state index contributed by atoms with van der Waals surface area (Å²) < 4.78 is 0. The fourth-order valence-corrected chi connectivity index (χ4v) is 3.78. The number of benzene rings is 3. The van der Waals surface area contributed by atoms with Gasteiger partial charge in [-0.25, -0.2) is 4.79 Å². The summed E-state index contributed by atoms with van der Waals surface area (Å²) in [5, 5.41) is 15.8. The van der Waals surface area contributed by atoms with E-state index in [-0.39, 0.29) is 11.4 Å². The minimum atomic E-state index is -0.298. The van der Waals surface area contributed by atoms with E-state index in [2.05, 4.69) is 37.5 Å². The Balaban J connectivity index is 1.53. The standard InChI is InChI=1S/C28H28N4O/c1-18-25(17-29)24(16-26(30-18)28(2,3)4)20-10-12-22(13-11-20)31-27(33)32-23-14-9-19-7-5-6-8-21(19)15-23/h5-17,29H,1-4H3,(H2,31,32,33). The minimum absolute atomic E-state index is 0.0948. The Morgan fingerprint density at radius 1 is 0.879 bits per heavy atom. The molecule has 5 nitrogen and oxygen atoms in total. The predicted molar refractivity (Wildman–Crippen MR) is 138 cm³/mol. The number of rotatable bonds is 4. The Bertz CT molecular complexity index is 1330. The topological polar surface area (TPSA) is 77.9 Å². The smallest absolute Gasteiger partial charge is 0.308 e. The average Bonchev–Trinajstić information content (AvgIpc) is 2.78. The van der Waals surface area contributed by atoms with E-state index in [4.69, 9.17) is 10.4 Å². The molecule has 0 aliphatic carbocycles. The van der Waals surface area contributed by atoms with Gasteiger partial charge in [-0.05, 0) is 59.2 Å². The van der Waals surface area contributed by atoms with E-state index >= 15 is 0 Å². The largest absolute Gasteiger partial charge is 0.323 e. The van der Waals surface area contributed by atoms with E-state index in [1.807, 2.05) is 73.7 Å². The third kappa shape index (κ3) is 4.93. The Kier molecular flexibility index (Phi) is 5.97. The van der Waals surface area contributed by atoms with E-state index in [0.717, 1.165) is 44.5 Å². The summed E-state index contributed by atoms with van der Waals surface area (Å²) in [5.41, 5.74) is 5.90. The number of aromatic nitrogens is 1. The van der Waals surface area contributed by atoms with Crippen LogP contribution in [0.3, 0.4) is 0 Å². The number of hydrogen-bond acceptors (Lipinski definition) is 3. The lowest BCUT2D eigenvalue weighted by molar-refractivity contribution is 0.262. The highest BCUT2D eigenvalue weighted by Gasteiger charge is 2.19. The van der Waals surface area contributed by atoms with Crippen LogP contribution in [0.15, 0.2) is 72.8 Å². The van der Waals surface area contributed by atoms with Crippen molar-refractivity contribution in [1.29, 1.82) is 5.41 Å². The summed E-state index contributed by atoms with van der Waals surface area (Å²) in [6.07, 6.45) is 1.35. The van der Waals surface area contributed by atoms with E-state index in [9.17, 15) is 4.79 Å². The van der Waals surface area contributed by atoms with Crippen molar-refractivity contribution in [2.45, 2.75) is 33.1 Å². The highest BCUT2D eigenvalue weighted by Crippen LogP contribution is 2.31. The van der Waals surface area contributed by atoms with Crippen molar-refractivity contribution in [3.8, 4) is 11.1 Å². The number of carbonyl (C=O) groups excluding carboxylic acids is 1. The summed E-state index contributed by atoms with van der Waals surface area (Å²) in [7, 11) is 0. The van der Waals surface area contributed by atoms with Crippen LogP contribution in [-0.4, -0.2) is 17.2 Å². The molecule has 0 fully saturated rings. The van der Waals surface area contributed by atoms with Gasteiger partial charge >= 0.3 is 6.03 Å². The van der Waals surface area contributed by atoms with Crippen molar-refractivity contribution in [2.24, 2.45) is 0 Å². The molecule has 3 N–H and O–H groups in total. The van der Waals surface area contributed by atoms with Crippen LogP contribution in [0.5, 0.6) is 0 Å². The molecule has 166 valence electrons. The molecule has 5 heteroatoms. The van der Waals surface area contributed by atoms with Gasteiger partial charge in [0.15, 0.2) is 0 Å². The molecule has 0 unspecified atom stereocenters. The lowest BCUT2D eigenvalue weighted by Crippen LogP contribution is -2.19. The highest BCUT2D eigenvalue weighted by molar-refractivity contribution is 6.01. The maximum absolute atomic E-state index is 12.5. The van der Waals surface area contributed by atoms with Crippen LogP contribution in [0.25, 0.3) is 21.9 Å². The van der Waals surface area contributed by atoms with Gasteiger partial charge in [-0.3, -0.25) is 4.98 Å². The third-order valence-electron chi connectivity index (χ3n) is 5.62. The molecule has 4 rings (SSSR count). The number of aryl methyl sites for hydroxylation is 1. The van der Waals surface area contributed by atoms with Gasteiger partial charge in [0, 0.05) is 40.0 Å². The zero-order valence-corrected chi connectivity index (χ0v) is 19.4. The lowest BCUT2D eigenvalue weighted by Gasteiger charge is -2.21.